The van der Waals surface area contributed by atoms with Gasteiger partial charge in [-0.15, -0.1) is 0 Å². The zero-order chi connectivity index (χ0) is 14.7. The lowest BCUT2D eigenvalue weighted by Crippen LogP contribution is -2.40. The van der Waals surface area contributed by atoms with Gasteiger partial charge >= 0.3 is 0 Å². The van der Waals surface area contributed by atoms with Gasteiger partial charge in [0.2, 0.25) is 0 Å². The normalized spacial score (nSPS) is 24.9. The number of halogens is 1. The van der Waals surface area contributed by atoms with Crippen LogP contribution in [0.5, 0.6) is 0 Å². The average Bonchev–Trinajstić information content (AvgIpc) is 2.64. The lowest BCUT2D eigenvalue weighted by Gasteiger charge is -2.34. The first-order valence-corrected chi connectivity index (χ1v) is 8.32. The molecule has 4 heteroatoms. The van der Waals surface area contributed by atoms with Crippen LogP contribution in [0.25, 0.3) is 0 Å². The summed E-state index contributed by atoms with van der Waals surface area (Å²) < 4.78 is 1.95. The highest BCUT2D eigenvalue weighted by Crippen LogP contribution is 2.33. The van der Waals surface area contributed by atoms with Crippen LogP contribution >= 0.6 is 11.6 Å². The maximum atomic E-state index is 6.41. The Morgan fingerprint density at radius 3 is 2.75 bits per heavy atom. The van der Waals surface area contributed by atoms with Gasteiger partial charge in [-0.2, -0.15) is 5.10 Å². The van der Waals surface area contributed by atoms with Crippen LogP contribution in [0.4, 0.5) is 0 Å². The van der Waals surface area contributed by atoms with E-state index in [-0.39, 0.29) is 0 Å². The number of hydrogen-bond donors (Lipinski definition) is 1. The van der Waals surface area contributed by atoms with E-state index in [2.05, 4.69) is 24.3 Å². The zero-order valence-corrected chi connectivity index (χ0v) is 14.0. The second-order valence-corrected chi connectivity index (χ2v) is 6.75. The fraction of sp³-hybridized carbons (Fsp3) is 0.812. The lowest BCUT2D eigenvalue weighted by atomic mass is 9.77. The smallest absolute Gasteiger partial charge is 0.0847 e. The molecule has 1 fully saturated rings. The van der Waals surface area contributed by atoms with E-state index in [4.69, 9.17) is 11.6 Å². The first-order valence-electron chi connectivity index (χ1n) is 7.94. The van der Waals surface area contributed by atoms with Gasteiger partial charge < -0.3 is 5.32 Å². The van der Waals surface area contributed by atoms with E-state index in [0.29, 0.717) is 6.04 Å². The van der Waals surface area contributed by atoms with Crippen LogP contribution in [0.1, 0.15) is 50.9 Å². The van der Waals surface area contributed by atoms with Crippen molar-refractivity contribution in [1.29, 1.82) is 0 Å². The van der Waals surface area contributed by atoms with Gasteiger partial charge in [0.25, 0.3) is 0 Å². The van der Waals surface area contributed by atoms with E-state index in [1.165, 1.54) is 31.4 Å². The summed E-state index contributed by atoms with van der Waals surface area (Å²) in [6.07, 6.45) is 6.43. The van der Waals surface area contributed by atoms with Crippen molar-refractivity contribution in [3.63, 3.8) is 0 Å². The third kappa shape index (κ3) is 3.56. The van der Waals surface area contributed by atoms with Crippen molar-refractivity contribution < 1.29 is 0 Å². The summed E-state index contributed by atoms with van der Waals surface area (Å²) >= 11 is 6.41. The van der Waals surface area contributed by atoms with Crippen molar-refractivity contribution in [2.24, 2.45) is 18.9 Å². The third-order valence-corrected chi connectivity index (χ3v) is 5.18. The molecule has 1 heterocycles. The Labute approximate surface area is 128 Å². The average molecular weight is 298 g/mol. The van der Waals surface area contributed by atoms with Gasteiger partial charge in [0.15, 0.2) is 0 Å². The predicted molar refractivity (Wildman–Crippen MR) is 85.2 cm³/mol. The van der Waals surface area contributed by atoms with E-state index in [9.17, 15) is 0 Å². The van der Waals surface area contributed by atoms with Crippen molar-refractivity contribution in [1.82, 2.24) is 15.1 Å². The summed E-state index contributed by atoms with van der Waals surface area (Å²) in [5.41, 5.74) is 2.12. The summed E-state index contributed by atoms with van der Waals surface area (Å²) in [4.78, 5) is 0. The molecule has 0 bridgehead atoms. The lowest BCUT2D eigenvalue weighted by molar-refractivity contribution is 0.221. The molecule has 2 rings (SSSR count). The minimum atomic E-state index is 0.523. The molecule has 20 heavy (non-hydrogen) atoms. The van der Waals surface area contributed by atoms with Crippen LogP contribution in [0, 0.1) is 18.8 Å². The molecular formula is C16H28ClN3. The van der Waals surface area contributed by atoms with Gasteiger partial charge in [0.05, 0.1) is 16.4 Å². The molecule has 3 atom stereocenters. The summed E-state index contributed by atoms with van der Waals surface area (Å²) in [5, 5.41) is 8.97. The van der Waals surface area contributed by atoms with Crippen LogP contribution in [0.15, 0.2) is 0 Å². The minimum absolute atomic E-state index is 0.523. The van der Waals surface area contributed by atoms with Gasteiger partial charge in [0, 0.05) is 19.5 Å². The summed E-state index contributed by atoms with van der Waals surface area (Å²) in [7, 11) is 2.00. The Morgan fingerprint density at radius 1 is 1.45 bits per heavy atom. The zero-order valence-electron chi connectivity index (χ0n) is 13.2. The molecule has 0 spiro atoms. The first-order chi connectivity index (χ1) is 9.52. The Kier molecular flexibility index (Phi) is 5.50. The molecule has 1 aromatic heterocycles. The molecule has 0 aliphatic heterocycles. The first kappa shape index (κ1) is 15.8. The monoisotopic (exact) mass is 297 g/mol. The number of aromatic nitrogens is 2. The number of rotatable bonds is 5. The number of nitrogens with zero attached hydrogens (tertiary/aromatic N) is 2. The molecule has 3 unspecified atom stereocenters. The quantitative estimate of drug-likeness (QED) is 0.897. The van der Waals surface area contributed by atoms with Gasteiger partial charge in [-0.3, -0.25) is 4.68 Å². The molecule has 1 aliphatic carbocycles. The number of hydrogen-bond acceptors (Lipinski definition) is 2. The molecule has 0 aromatic carbocycles. The predicted octanol–water partition coefficient (Wildman–Crippen LogP) is 3.73. The fourth-order valence-electron chi connectivity index (χ4n) is 3.62. The SMILES string of the molecule is CCNC(Cc1c(Cl)c(C)nn1C)C1CCCC(C)C1. The minimum Gasteiger partial charge on any atom is -0.314 e. The molecule has 3 nitrogen and oxygen atoms in total. The molecule has 1 aromatic rings. The van der Waals surface area contributed by atoms with Crippen molar-refractivity contribution in [3.05, 3.63) is 16.4 Å². The molecule has 0 radical (unpaired) electrons. The van der Waals surface area contributed by atoms with Crippen LogP contribution in [-0.2, 0) is 13.5 Å². The molecule has 1 aliphatic rings. The third-order valence-electron chi connectivity index (χ3n) is 4.69. The maximum absolute atomic E-state index is 6.41. The summed E-state index contributed by atoms with van der Waals surface area (Å²) in [6.45, 7) is 7.58. The van der Waals surface area contributed by atoms with Crippen molar-refractivity contribution >= 4 is 11.6 Å². The van der Waals surface area contributed by atoms with Gasteiger partial charge in [-0.25, -0.2) is 0 Å². The molecule has 114 valence electrons. The number of aryl methyl sites for hydroxylation is 2. The Morgan fingerprint density at radius 2 is 2.20 bits per heavy atom. The van der Waals surface area contributed by atoms with E-state index in [0.717, 1.165) is 35.5 Å². The standard InChI is InChI=1S/C16H28ClN3/c1-5-18-14(13-8-6-7-11(2)9-13)10-15-16(17)12(3)19-20(15)4/h11,13-14,18H,5-10H2,1-4H3. The van der Waals surface area contributed by atoms with E-state index < -0.39 is 0 Å². The van der Waals surface area contributed by atoms with E-state index in [1.54, 1.807) is 0 Å². The van der Waals surface area contributed by atoms with Crippen molar-refractivity contribution in [2.45, 2.75) is 58.9 Å². The second kappa shape index (κ2) is 6.95. The highest BCUT2D eigenvalue weighted by atomic mass is 35.5. The molecule has 1 saturated carbocycles. The molecule has 0 saturated heterocycles. The fourth-order valence-corrected chi connectivity index (χ4v) is 3.86. The second-order valence-electron chi connectivity index (χ2n) is 6.37. The van der Waals surface area contributed by atoms with Gasteiger partial charge in [0.1, 0.15) is 0 Å². The van der Waals surface area contributed by atoms with E-state index >= 15 is 0 Å². The van der Waals surface area contributed by atoms with Gasteiger partial charge in [-0.1, -0.05) is 38.3 Å². The van der Waals surface area contributed by atoms with Crippen LogP contribution in [0.3, 0.4) is 0 Å². The van der Waals surface area contributed by atoms with Crippen LogP contribution < -0.4 is 5.32 Å². The Hall–Kier alpha value is -0.540. The highest BCUT2D eigenvalue weighted by Gasteiger charge is 2.28. The van der Waals surface area contributed by atoms with Crippen molar-refractivity contribution in [2.75, 3.05) is 6.54 Å². The maximum Gasteiger partial charge on any atom is 0.0847 e. The molecular weight excluding hydrogens is 270 g/mol. The Bertz CT molecular complexity index is 441. The largest absolute Gasteiger partial charge is 0.314 e. The molecule has 1 N–H and O–H groups in total. The highest BCUT2D eigenvalue weighted by molar-refractivity contribution is 6.31. The van der Waals surface area contributed by atoms with Crippen molar-refractivity contribution in [3.8, 4) is 0 Å². The number of nitrogens with one attached hydrogen (secondary N) is 1. The van der Waals surface area contributed by atoms with Crippen LogP contribution in [-0.4, -0.2) is 22.4 Å². The van der Waals surface area contributed by atoms with Crippen LogP contribution in [0.2, 0.25) is 5.02 Å². The van der Waals surface area contributed by atoms with Gasteiger partial charge in [-0.05, 0) is 38.1 Å². The number of likely N-dealkylation sites (N-methyl/N-ethyl adjacent to an activating group) is 1. The summed E-state index contributed by atoms with van der Waals surface area (Å²) in [6, 6.07) is 0.523. The topological polar surface area (TPSA) is 29.9 Å². The summed E-state index contributed by atoms with van der Waals surface area (Å²) in [5.74, 6) is 1.63. The molecule has 0 amide bonds. The van der Waals surface area contributed by atoms with E-state index in [1.807, 2.05) is 18.7 Å². The Balaban J connectivity index is 2.12.